The van der Waals surface area contributed by atoms with Crippen molar-refractivity contribution in [2.24, 2.45) is 5.92 Å². The maximum Gasteiger partial charge on any atom is 0.246 e. The number of aryl methyl sites for hydroxylation is 1. The highest BCUT2D eigenvalue weighted by Gasteiger charge is 2.48. The van der Waals surface area contributed by atoms with Gasteiger partial charge < -0.3 is 14.8 Å². The van der Waals surface area contributed by atoms with Gasteiger partial charge in [0.15, 0.2) is 0 Å². The quantitative estimate of drug-likeness (QED) is 0.732. The summed E-state index contributed by atoms with van der Waals surface area (Å²) >= 11 is 0. The van der Waals surface area contributed by atoms with Crippen LogP contribution in [0.1, 0.15) is 41.3 Å². The topological polar surface area (TPSA) is 56.4 Å². The van der Waals surface area contributed by atoms with Crippen molar-refractivity contribution in [2.75, 3.05) is 13.1 Å². The second kappa shape index (κ2) is 6.46. The molecule has 0 spiro atoms. The summed E-state index contributed by atoms with van der Waals surface area (Å²) in [5.41, 5.74) is 5.52. The van der Waals surface area contributed by atoms with Gasteiger partial charge in [0, 0.05) is 29.6 Å². The molecule has 2 aromatic carbocycles. The number of piperazine rings is 1. The lowest BCUT2D eigenvalue weighted by molar-refractivity contribution is -0.158. The van der Waals surface area contributed by atoms with Crippen LogP contribution in [0.5, 0.6) is 0 Å². The van der Waals surface area contributed by atoms with E-state index in [4.69, 9.17) is 0 Å². The average molecular weight is 399 g/mol. The molecule has 0 unspecified atom stereocenters. The van der Waals surface area contributed by atoms with Gasteiger partial charge in [0.1, 0.15) is 6.04 Å². The normalized spacial score (nSPS) is 23.6. The first-order chi connectivity index (χ1) is 14.6. The number of aromatic nitrogens is 1. The molecule has 2 aliphatic heterocycles. The van der Waals surface area contributed by atoms with Gasteiger partial charge in [-0.2, -0.15) is 0 Å². The summed E-state index contributed by atoms with van der Waals surface area (Å²) in [6.45, 7) is 2.99. The van der Waals surface area contributed by atoms with Crippen LogP contribution < -0.4 is 0 Å². The number of carbonyl (C=O) groups excluding carboxylic acids is 2. The van der Waals surface area contributed by atoms with E-state index in [0.717, 1.165) is 28.7 Å². The van der Waals surface area contributed by atoms with Gasteiger partial charge in [-0.15, -0.1) is 0 Å². The van der Waals surface area contributed by atoms with Crippen LogP contribution in [0.2, 0.25) is 0 Å². The van der Waals surface area contributed by atoms with E-state index in [0.29, 0.717) is 12.3 Å². The minimum absolute atomic E-state index is 0.0510. The number of H-pyrrole nitrogens is 1. The lowest BCUT2D eigenvalue weighted by Gasteiger charge is -2.47. The van der Waals surface area contributed by atoms with E-state index >= 15 is 0 Å². The zero-order chi connectivity index (χ0) is 20.4. The van der Waals surface area contributed by atoms with E-state index in [2.05, 4.69) is 48.3 Å². The smallest absolute Gasteiger partial charge is 0.246 e. The molecule has 152 valence electrons. The second-order valence-corrected chi connectivity index (χ2v) is 9.06. The van der Waals surface area contributed by atoms with Crippen molar-refractivity contribution >= 4 is 22.7 Å². The fraction of sp³-hybridized carbons (Fsp3) is 0.360. The van der Waals surface area contributed by atoms with E-state index in [-0.39, 0.29) is 24.4 Å². The SMILES string of the molecule is Cc1ccc([C@@H]2c3[nH]c4ccccc4c3C[C@@H]3C(=O)N(CC4CC4)CC(=O)N23)cc1. The van der Waals surface area contributed by atoms with Gasteiger partial charge in [0.25, 0.3) is 0 Å². The first-order valence-corrected chi connectivity index (χ1v) is 10.9. The number of amides is 2. The van der Waals surface area contributed by atoms with E-state index in [1.807, 2.05) is 21.9 Å². The Balaban J connectivity index is 1.51. The monoisotopic (exact) mass is 399 g/mol. The fourth-order valence-corrected chi connectivity index (χ4v) is 5.19. The third kappa shape index (κ3) is 2.68. The minimum Gasteiger partial charge on any atom is -0.356 e. The zero-order valence-electron chi connectivity index (χ0n) is 17.1. The molecule has 1 aliphatic carbocycles. The highest BCUT2D eigenvalue weighted by molar-refractivity contribution is 5.97. The average Bonchev–Trinajstić information content (AvgIpc) is 3.49. The number of rotatable bonds is 3. The Kier molecular flexibility index (Phi) is 3.82. The molecule has 30 heavy (non-hydrogen) atoms. The first-order valence-electron chi connectivity index (χ1n) is 10.9. The lowest BCUT2D eigenvalue weighted by atomic mass is 9.86. The molecule has 0 bridgehead atoms. The fourth-order valence-electron chi connectivity index (χ4n) is 5.19. The summed E-state index contributed by atoms with van der Waals surface area (Å²) in [5.74, 6) is 0.734. The van der Waals surface area contributed by atoms with E-state index in [1.54, 1.807) is 0 Å². The summed E-state index contributed by atoms with van der Waals surface area (Å²) in [5, 5.41) is 1.16. The van der Waals surface area contributed by atoms with Gasteiger partial charge >= 0.3 is 0 Å². The summed E-state index contributed by atoms with van der Waals surface area (Å²) in [6.07, 6.45) is 2.92. The molecule has 6 rings (SSSR count). The molecule has 1 aromatic heterocycles. The molecule has 1 N–H and O–H groups in total. The van der Waals surface area contributed by atoms with Crippen molar-refractivity contribution in [1.82, 2.24) is 14.8 Å². The van der Waals surface area contributed by atoms with Gasteiger partial charge in [0.05, 0.1) is 12.6 Å². The van der Waals surface area contributed by atoms with Crippen LogP contribution in [0, 0.1) is 12.8 Å². The van der Waals surface area contributed by atoms with Crippen molar-refractivity contribution in [3.05, 3.63) is 70.9 Å². The molecule has 3 aromatic rings. The molecule has 5 heteroatoms. The van der Waals surface area contributed by atoms with Crippen molar-refractivity contribution in [1.29, 1.82) is 0 Å². The number of aromatic amines is 1. The Morgan fingerprint density at radius 2 is 1.80 bits per heavy atom. The highest BCUT2D eigenvalue weighted by Crippen LogP contribution is 2.43. The summed E-state index contributed by atoms with van der Waals surface area (Å²) < 4.78 is 0. The van der Waals surface area contributed by atoms with Crippen molar-refractivity contribution in [3.63, 3.8) is 0 Å². The number of para-hydroxylation sites is 1. The molecular formula is C25H25N3O2. The summed E-state index contributed by atoms with van der Waals surface area (Å²) in [4.78, 5) is 34.1. The van der Waals surface area contributed by atoms with Gasteiger partial charge in [-0.1, -0.05) is 48.0 Å². The van der Waals surface area contributed by atoms with Crippen molar-refractivity contribution in [2.45, 2.75) is 38.3 Å². The molecule has 0 radical (unpaired) electrons. The molecule has 1 saturated heterocycles. The summed E-state index contributed by atoms with van der Waals surface area (Å²) in [7, 11) is 0. The predicted octanol–water partition coefficient (Wildman–Crippen LogP) is 3.57. The molecule has 2 atom stereocenters. The standard InChI is InChI=1S/C25H25N3O2/c1-15-6-10-17(11-7-15)24-23-19(18-4-2-3-5-20(18)26-23)12-21-25(30)27(13-16-8-9-16)14-22(29)28(21)24/h2-7,10-11,16,21,24,26H,8-9,12-14H2,1H3/t21-,24-/m1/s1. The minimum atomic E-state index is -0.428. The van der Waals surface area contributed by atoms with Crippen molar-refractivity contribution in [3.8, 4) is 0 Å². The molecular weight excluding hydrogens is 374 g/mol. The number of nitrogens with one attached hydrogen (secondary N) is 1. The van der Waals surface area contributed by atoms with Crippen LogP contribution in [0.25, 0.3) is 10.9 Å². The van der Waals surface area contributed by atoms with Crippen LogP contribution in [-0.2, 0) is 16.0 Å². The first kappa shape index (κ1) is 17.8. The van der Waals surface area contributed by atoms with Crippen LogP contribution >= 0.6 is 0 Å². The third-order valence-electron chi connectivity index (χ3n) is 6.91. The van der Waals surface area contributed by atoms with E-state index in [9.17, 15) is 9.59 Å². The van der Waals surface area contributed by atoms with Gasteiger partial charge in [-0.05, 0) is 42.9 Å². The number of hydrogen-bond donors (Lipinski definition) is 1. The number of carbonyl (C=O) groups is 2. The molecule has 2 amide bonds. The lowest BCUT2D eigenvalue weighted by Crippen LogP contribution is -2.63. The van der Waals surface area contributed by atoms with Gasteiger partial charge in [0.2, 0.25) is 11.8 Å². The van der Waals surface area contributed by atoms with Crippen LogP contribution in [0.15, 0.2) is 48.5 Å². The third-order valence-corrected chi connectivity index (χ3v) is 6.91. The second-order valence-electron chi connectivity index (χ2n) is 9.06. The molecule has 3 heterocycles. The number of hydrogen-bond acceptors (Lipinski definition) is 2. The Morgan fingerprint density at radius 1 is 1.03 bits per heavy atom. The maximum atomic E-state index is 13.5. The zero-order valence-corrected chi connectivity index (χ0v) is 17.1. The Morgan fingerprint density at radius 3 is 2.57 bits per heavy atom. The van der Waals surface area contributed by atoms with E-state index < -0.39 is 6.04 Å². The number of nitrogens with zero attached hydrogens (tertiary/aromatic N) is 2. The Bertz CT molecular complexity index is 1160. The van der Waals surface area contributed by atoms with Gasteiger partial charge in [-0.25, -0.2) is 0 Å². The molecule has 3 aliphatic rings. The van der Waals surface area contributed by atoms with Crippen LogP contribution in [-0.4, -0.2) is 45.7 Å². The maximum absolute atomic E-state index is 13.5. The largest absolute Gasteiger partial charge is 0.356 e. The predicted molar refractivity (Wildman–Crippen MR) is 115 cm³/mol. The molecule has 2 fully saturated rings. The van der Waals surface area contributed by atoms with Crippen LogP contribution in [0.4, 0.5) is 0 Å². The van der Waals surface area contributed by atoms with Crippen LogP contribution in [0.3, 0.4) is 0 Å². The molecule has 5 nitrogen and oxygen atoms in total. The molecule has 1 saturated carbocycles. The number of fused-ring (bicyclic) bond motifs is 4. The highest BCUT2D eigenvalue weighted by atomic mass is 16.2. The Hall–Kier alpha value is -3.08. The van der Waals surface area contributed by atoms with E-state index in [1.165, 1.54) is 24.0 Å². The summed E-state index contributed by atoms with van der Waals surface area (Å²) in [6, 6.07) is 15.9. The van der Waals surface area contributed by atoms with Crippen molar-refractivity contribution < 1.29 is 9.59 Å². The Labute approximate surface area is 175 Å². The van der Waals surface area contributed by atoms with Gasteiger partial charge in [-0.3, -0.25) is 9.59 Å². The number of benzene rings is 2.